The van der Waals surface area contributed by atoms with Crippen LogP contribution in [0.4, 0.5) is 0 Å². The first kappa shape index (κ1) is 10.8. The highest BCUT2D eigenvalue weighted by atomic mass is 79.9. The van der Waals surface area contributed by atoms with Crippen molar-refractivity contribution in [3.8, 4) is 5.69 Å². The van der Waals surface area contributed by atoms with Gasteiger partial charge in [0.05, 0.1) is 11.9 Å². The third kappa shape index (κ3) is 1.83. The lowest BCUT2D eigenvalue weighted by Gasteiger charge is -2.05. The summed E-state index contributed by atoms with van der Waals surface area (Å²) in [7, 11) is 0. The van der Waals surface area contributed by atoms with E-state index in [2.05, 4.69) is 26.2 Å². The fraction of sp³-hybridized carbons (Fsp3) is 0.100. The minimum absolute atomic E-state index is 0.0377. The lowest BCUT2D eigenvalue weighted by atomic mass is 10.2. The summed E-state index contributed by atoms with van der Waals surface area (Å²) >= 11 is 3.38. The average molecular weight is 282 g/mol. The standard InChI is InChI=1S/C10H8BrN3O2/c1-6-2-3-7(4-8(6)11)14-9(10(15)16)5-12-13-14/h2-5H,1H3,(H,15,16). The highest BCUT2D eigenvalue weighted by Crippen LogP contribution is 2.20. The van der Waals surface area contributed by atoms with Gasteiger partial charge in [-0.1, -0.05) is 27.2 Å². The van der Waals surface area contributed by atoms with Crippen molar-refractivity contribution < 1.29 is 9.90 Å². The van der Waals surface area contributed by atoms with Gasteiger partial charge in [0.15, 0.2) is 5.69 Å². The van der Waals surface area contributed by atoms with Crippen LogP contribution in [0.5, 0.6) is 0 Å². The van der Waals surface area contributed by atoms with Crippen molar-refractivity contribution in [1.82, 2.24) is 15.0 Å². The van der Waals surface area contributed by atoms with Crippen LogP contribution in [0.2, 0.25) is 0 Å². The van der Waals surface area contributed by atoms with Crippen LogP contribution >= 0.6 is 15.9 Å². The number of aryl methyl sites for hydroxylation is 1. The zero-order valence-corrected chi connectivity index (χ0v) is 9.97. The van der Waals surface area contributed by atoms with Crippen molar-refractivity contribution in [3.63, 3.8) is 0 Å². The number of benzene rings is 1. The molecule has 1 aromatic heterocycles. The first-order valence-corrected chi connectivity index (χ1v) is 5.29. The van der Waals surface area contributed by atoms with E-state index in [0.717, 1.165) is 10.0 Å². The molecule has 1 aromatic carbocycles. The molecule has 82 valence electrons. The van der Waals surface area contributed by atoms with Crippen LogP contribution < -0.4 is 0 Å². The van der Waals surface area contributed by atoms with Crippen molar-refractivity contribution >= 4 is 21.9 Å². The molecule has 1 N–H and O–H groups in total. The van der Waals surface area contributed by atoms with Gasteiger partial charge in [0, 0.05) is 4.47 Å². The van der Waals surface area contributed by atoms with Gasteiger partial charge >= 0.3 is 5.97 Å². The number of aromatic nitrogens is 3. The van der Waals surface area contributed by atoms with Gasteiger partial charge in [0.2, 0.25) is 0 Å². The third-order valence-electron chi connectivity index (χ3n) is 2.17. The fourth-order valence-electron chi connectivity index (χ4n) is 1.29. The molecule has 0 atom stereocenters. The molecule has 2 rings (SSSR count). The third-order valence-corrected chi connectivity index (χ3v) is 3.02. The molecule has 0 aliphatic heterocycles. The minimum Gasteiger partial charge on any atom is -0.476 e. The summed E-state index contributed by atoms with van der Waals surface area (Å²) in [6, 6.07) is 5.48. The van der Waals surface area contributed by atoms with E-state index in [1.165, 1.54) is 10.9 Å². The molecule has 5 nitrogen and oxygen atoms in total. The Kier molecular flexibility index (Phi) is 2.74. The van der Waals surface area contributed by atoms with Gasteiger partial charge in [0.1, 0.15) is 0 Å². The highest BCUT2D eigenvalue weighted by Gasteiger charge is 2.13. The minimum atomic E-state index is -1.05. The number of carboxylic acids is 1. The summed E-state index contributed by atoms with van der Waals surface area (Å²) in [4.78, 5) is 10.9. The van der Waals surface area contributed by atoms with E-state index >= 15 is 0 Å². The molecule has 2 aromatic rings. The summed E-state index contributed by atoms with van der Waals surface area (Å²) in [6.07, 6.45) is 1.22. The lowest BCUT2D eigenvalue weighted by molar-refractivity contribution is 0.0687. The van der Waals surface area contributed by atoms with Crippen LogP contribution in [0, 0.1) is 6.92 Å². The highest BCUT2D eigenvalue weighted by molar-refractivity contribution is 9.10. The van der Waals surface area contributed by atoms with Crippen LogP contribution in [0.1, 0.15) is 16.1 Å². The average Bonchev–Trinajstić information content (AvgIpc) is 2.71. The van der Waals surface area contributed by atoms with E-state index < -0.39 is 5.97 Å². The Bertz CT molecular complexity index is 551. The number of hydrogen-bond donors (Lipinski definition) is 1. The molecule has 0 amide bonds. The molecule has 0 aliphatic rings. The lowest BCUT2D eigenvalue weighted by Crippen LogP contribution is -2.07. The van der Waals surface area contributed by atoms with Crippen molar-refractivity contribution in [3.05, 3.63) is 40.1 Å². The van der Waals surface area contributed by atoms with Gasteiger partial charge in [-0.25, -0.2) is 9.48 Å². The SMILES string of the molecule is Cc1ccc(-n2nncc2C(=O)O)cc1Br. The maximum absolute atomic E-state index is 10.9. The number of rotatable bonds is 2. The predicted octanol–water partition coefficient (Wildman–Crippen LogP) is 2.04. The van der Waals surface area contributed by atoms with Crippen LogP contribution in [-0.2, 0) is 0 Å². The first-order valence-electron chi connectivity index (χ1n) is 4.50. The molecular weight excluding hydrogens is 274 g/mol. The smallest absolute Gasteiger partial charge is 0.356 e. The molecule has 0 radical (unpaired) electrons. The Morgan fingerprint density at radius 2 is 2.25 bits per heavy atom. The van der Waals surface area contributed by atoms with E-state index in [1.54, 1.807) is 12.1 Å². The van der Waals surface area contributed by atoms with E-state index in [4.69, 9.17) is 5.11 Å². The Morgan fingerprint density at radius 1 is 1.50 bits per heavy atom. The maximum atomic E-state index is 10.9. The quantitative estimate of drug-likeness (QED) is 0.915. The number of hydrogen-bond acceptors (Lipinski definition) is 3. The number of halogens is 1. The van der Waals surface area contributed by atoms with Gasteiger partial charge in [0.25, 0.3) is 0 Å². The van der Waals surface area contributed by atoms with Crippen LogP contribution in [0.3, 0.4) is 0 Å². The molecule has 1 heterocycles. The summed E-state index contributed by atoms with van der Waals surface area (Å²) < 4.78 is 2.18. The molecular formula is C10H8BrN3O2. The van der Waals surface area contributed by atoms with E-state index in [9.17, 15) is 4.79 Å². The predicted molar refractivity (Wildman–Crippen MR) is 60.8 cm³/mol. The Balaban J connectivity index is 2.54. The second-order valence-corrected chi connectivity index (χ2v) is 4.12. The molecule has 0 fully saturated rings. The van der Waals surface area contributed by atoms with Crippen molar-refractivity contribution in [2.24, 2.45) is 0 Å². The van der Waals surface area contributed by atoms with Gasteiger partial charge in [-0.2, -0.15) is 0 Å². The van der Waals surface area contributed by atoms with Crippen LogP contribution in [0.25, 0.3) is 5.69 Å². The van der Waals surface area contributed by atoms with Gasteiger partial charge in [-0.15, -0.1) is 5.10 Å². The molecule has 6 heteroatoms. The Hall–Kier alpha value is -1.69. The molecule has 0 bridgehead atoms. The molecule has 16 heavy (non-hydrogen) atoms. The number of carboxylic acid groups (broad SMARTS) is 1. The van der Waals surface area contributed by atoms with Crippen molar-refractivity contribution in [2.45, 2.75) is 6.92 Å². The number of carbonyl (C=O) groups is 1. The number of nitrogens with zero attached hydrogens (tertiary/aromatic N) is 3. The zero-order valence-electron chi connectivity index (χ0n) is 8.38. The molecule has 0 unspecified atom stereocenters. The second kappa shape index (κ2) is 4.05. The Morgan fingerprint density at radius 3 is 2.88 bits per heavy atom. The molecule has 0 spiro atoms. The van der Waals surface area contributed by atoms with E-state index in [-0.39, 0.29) is 5.69 Å². The van der Waals surface area contributed by atoms with Gasteiger partial charge in [-0.3, -0.25) is 0 Å². The summed E-state index contributed by atoms with van der Waals surface area (Å²) in [6.45, 7) is 1.95. The first-order chi connectivity index (χ1) is 7.59. The van der Waals surface area contributed by atoms with Crippen molar-refractivity contribution in [2.75, 3.05) is 0 Å². The van der Waals surface area contributed by atoms with Crippen molar-refractivity contribution in [1.29, 1.82) is 0 Å². The van der Waals surface area contributed by atoms with E-state index in [1.807, 2.05) is 13.0 Å². The molecule has 0 saturated carbocycles. The van der Waals surface area contributed by atoms with Gasteiger partial charge < -0.3 is 5.11 Å². The van der Waals surface area contributed by atoms with Gasteiger partial charge in [-0.05, 0) is 24.6 Å². The monoisotopic (exact) mass is 281 g/mol. The normalized spacial score (nSPS) is 10.4. The maximum Gasteiger partial charge on any atom is 0.356 e. The van der Waals surface area contributed by atoms with Crippen LogP contribution in [-0.4, -0.2) is 26.1 Å². The molecule has 0 saturated heterocycles. The fourth-order valence-corrected chi connectivity index (χ4v) is 1.65. The Labute approximate surface area is 99.8 Å². The largest absolute Gasteiger partial charge is 0.476 e. The summed E-state index contributed by atoms with van der Waals surface area (Å²) in [5.41, 5.74) is 1.77. The zero-order chi connectivity index (χ0) is 11.7. The topological polar surface area (TPSA) is 68.0 Å². The van der Waals surface area contributed by atoms with E-state index in [0.29, 0.717) is 5.69 Å². The summed E-state index contributed by atoms with van der Waals surface area (Å²) in [5, 5.41) is 16.3. The number of aromatic carboxylic acids is 1. The molecule has 0 aliphatic carbocycles. The van der Waals surface area contributed by atoms with Crippen LogP contribution in [0.15, 0.2) is 28.9 Å². The summed E-state index contributed by atoms with van der Waals surface area (Å²) in [5.74, 6) is -1.05. The second-order valence-electron chi connectivity index (χ2n) is 3.27.